The number of fused-ring (bicyclic) bond motifs is 1. The van der Waals surface area contributed by atoms with Gasteiger partial charge in [0.1, 0.15) is 0 Å². The molecule has 0 spiro atoms. The van der Waals surface area contributed by atoms with Crippen LogP contribution in [0.15, 0.2) is 42.9 Å². The lowest BCUT2D eigenvalue weighted by molar-refractivity contribution is 0.0947. The molecule has 1 aromatic carbocycles. The Balaban J connectivity index is 2.17. The fourth-order valence-electron chi connectivity index (χ4n) is 2.06. The topological polar surface area (TPSA) is 65.8 Å². The molecule has 2 heterocycles. The first-order valence-electron chi connectivity index (χ1n) is 5.56. The molecule has 90 valence electrons. The first-order chi connectivity index (χ1) is 8.66. The molecule has 0 fully saturated rings. The summed E-state index contributed by atoms with van der Waals surface area (Å²) in [4.78, 5) is 12.3. The minimum Gasteiger partial charge on any atom is -0.396 e. The molecule has 5 heteroatoms. The van der Waals surface area contributed by atoms with Gasteiger partial charge in [-0.2, -0.15) is 5.10 Å². The van der Waals surface area contributed by atoms with E-state index in [2.05, 4.69) is 5.10 Å². The van der Waals surface area contributed by atoms with E-state index < -0.39 is 0 Å². The molecule has 18 heavy (non-hydrogen) atoms. The van der Waals surface area contributed by atoms with Crippen LogP contribution in [-0.4, -0.2) is 20.3 Å². The number of aromatic nitrogens is 3. The fourth-order valence-corrected chi connectivity index (χ4v) is 2.06. The molecule has 3 rings (SSSR count). The average molecular weight is 240 g/mol. The van der Waals surface area contributed by atoms with Gasteiger partial charge in [0.2, 0.25) is 0 Å². The second-order valence-electron chi connectivity index (χ2n) is 4.19. The van der Waals surface area contributed by atoms with Crippen molar-refractivity contribution in [2.45, 2.75) is 0 Å². The van der Waals surface area contributed by atoms with E-state index in [4.69, 9.17) is 5.73 Å². The number of hydrogen-bond acceptors (Lipinski definition) is 3. The van der Waals surface area contributed by atoms with Gasteiger partial charge >= 0.3 is 0 Å². The Kier molecular flexibility index (Phi) is 2.19. The number of anilines is 1. The minimum atomic E-state index is -0.177. The SMILES string of the molecule is Cn1ccc2c(C(=O)n3cc(N)cn3)cccc21. The van der Waals surface area contributed by atoms with Crippen molar-refractivity contribution in [2.75, 3.05) is 5.73 Å². The van der Waals surface area contributed by atoms with E-state index in [9.17, 15) is 4.79 Å². The van der Waals surface area contributed by atoms with Gasteiger partial charge in [0.25, 0.3) is 5.91 Å². The molecule has 0 aliphatic carbocycles. The summed E-state index contributed by atoms with van der Waals surface area (Å²) >= 11 is 0. The summed E-state index contributed by atoms with van der Waals surface area (Å²) in [5.74, 6) is -0.177. The van der Waals surface area contributed by atoms with Crippen molar-refractivity contribution < 1.29 is 4.79 Å². The molecule has 0 unspecified atom stereocenters. The highest BCUT2D eigenvalue weighted by Gasteiger charge is 2.14. The number of nitrogens with two attached hydrogens (primary N) is 1. The molecule has 0 saturated carbocycles. The molecule has 3 aromatic rings. The van der Waals surface area contributed by atoms with Gasteiger partial charge in [0.15, 0.2) is 0 Å². The van der Waals surface area contributed by atoms with E-state index in [1.165, 1.54) is 17.1 Å². The first-order valence-corrected chi connectivity index (χ1v) is 5.56. The molecule has 0 aliphatic heterocycles. The van der Waals surface area contributed by atoms with Crippen molar-refractivity contribution in [2.24, 2.45) is 7.05 Å². The summed E-state index contributed by atoms with van der Waals surface area (Å²) in [5, 5.41) is 4.86. The molecular formula is C13H12N4O. The summed E-state index contributed by atoms with van der Waals surface area (Å²) < 4.78 is 3.24. The van der Waals surface area contributed by atoms with Crippen molar-refractivity contribution in [1.29, 1.82) is 0 Å². The Hall–Kier alpha value is -2.56. The summed E-state index contributed by atoms with van der Waals surface area (Å²) in [5.41, 5.74) is 7.68. The quantitative estimate of drug-likeness (QED) is 0.703. The maximum atomic E-state index is 12.3. The highest BCUT2D eigenvalue weighted by molar-refractivity contribution is 6.07. The third-order valence-electron chi connectivity index (χ3n) is 2.97. The van der Waals surface area contributed by atoms with E-state index in [-0.39, 0.29) is 5.91 Å². The summed E-state index contributed by atoms with van der Waals surface area (Å²) in [7, 11) is 1.95. The Morgan fingerprint density at radius 3 is 2.89 bits per heavy atom. The molecule has 0 aliphatic rings. The molecule has 0 saturated heterocycles. The van der Waals surface area contributed by atoms with E-state index in [0.717, 1.165) is 10.9 Å². The normalized spacial score (nSPS) is 10.9. The molecular weight excluding hydrogens is 228 g/mol. The smallest absolute Gasteiger partial charge is 0.278 e. The van der Waals surface area contributed by atoms with Crippen molar-refractivity contribution >= 4 is 22.5 Å². The second kappa shape index (κ2) is 3.73. The van der Waals surface area contributed by atoms with Crippen LogP contribution in [-0.2, 0) is 7.05 Å². The van der Waals surface area contributed by atoms with Crippen LogP contribution in [0.25, 0.3) is 10.9 Å². The van der Waals surface area contributed by atoms with Crippen molar-refractivity contribution in [3.05, 3.63) is 48.4 Å². The third kappa shape index (κ3) is 1.48. The third-order valence-corrected chi connectivity index (χ3v) is 2.97. The Labute approximate surface area is 103 Å². The number of aryl methyl sites for hydroxylation is 1. The number of rotatable bonds is 1. The minimum absolute atomic E-state index is 0.177. The number of hydrogen-bond donors (Lipinski definition) is 1. The van der Waals surface area contributed by atoms with Crippen LogP contribution in [0.2, 0.25) is 0 Å². The van der Waals surface area contributed by atoms with Crippen LogP contribution in [0.4, 0.5) is 5.69 Å². The van der Waals surface area contributed by atoms with Gasteiger partial charge in [-0.1, -0.05) is 6.07 Å². The second-order valence-corrected chi connectivity index (χ2v) is 4.19. The number of carbonyl (C=O) groups is 1. The molecule has 2 N–H and O–H groups in total. The van der Waals surface area contributed by atoms with E-state index in [1.54, 1.807) is 6.07 Å². The van der Waals surface area contributed by atoms with Crippen LogP contribution in [0.5, 0.6) is 0 Å². The highest BCUT2D eigenvalue weighted by Crippen LogP contribution is 2.20. The van der Waals surface area contributed by atoms with E-state index >= 15 is 0 Å². The van der Waals surface area contributed by atoms with Gasteiger partial charge in [-0.3, -0.25) is 4.79 Å². The molecule has 0 bridgehead atoms. The maximum absolute atomic E-state index is 12.3. The maximum Gasteiger partial charge on any atom is 0.278 e. The zero-order valence-electron chi connectivity index (χ0n) is 9.87. The van der Waals surface area contributed by atoms with Crippen molar-refractivity contribution in [3.63, 3.8) is 0 Å². The lowest BCUT2D eigenvalue weighted by atomic mass is 10.1. The zero-order valence-corrected chi connectivity index (χ0v) is 9.87. The molecule has 5 nitrogen and oxygen atoms in total. The van der Waals surface area contributed by atoms with Gasteiger partial charge in [-0.15, -0.1) is 0 Å². The first kappa shape index (κ1) is 10.6. The highest BCUT2D eigenvalue weighted by atomic mass is 16.2. The average Bonchev–Trinajstić information content (AvgIpc) is 2.96. The van der Waals surface area contributed by atoms with Crippen LogP contribution >= 0.6 is 0 Å². The van der Waals surface area contributed by atoms with Gasteiger partial charge in [-0.25, -0.2) is 4.68 Å². The lowest BCUT2D eigenvalue weighted by Gasteiger charge is -2.03. The summed E-state index contributed by atoms with van der Waals surface area (Å²) in [6.45, 7) is 0. The predicted octanol–water partition coefficient (Wildman–Crippen LogP) is 1.65. The van der Waals surface area contributed by atoms with E-state index in [0.29, 0.717) is 11.3 Å². The van der Waals surface area contributed by atoms with E-state index in [1.807, 2.05) is 36.0 Å². The number of benzene rings is 1. The molecule has 2 aromatic heterocycles. The molecule has 0 amide bonds. The van der Waals surface area contributed by atoms with Crippen molar-refractivity contribution in [1.82, 2.24) is 14.3 Å². The Bertz CT molecular complexity index is 738. The predicted molar refractivity (Wildman–Crippen MR) is 69.3 cm³/mol. The fraction of sp³-hybridized carbons (Fsp3) is 0.0769. The summed E-state index contributed by atoms with van der Waals surface area (Å²) in [6, 6.07) is 7.56. The standard InChI is InChI=1S/C13H12N4O/c1-16-6-5-10-11(3-2-4-12(10)16)13(18)17-8-9(14)7-15-17/h2-8H,14H2,1H3. The van der Waals surface area contributed by atoms with Crippen LogP contribution in [0, 0.1) is 0 Å². The molecule has 0 radical (unpaired) electrons. The van der Waals surface area contributed by atoms with Gasteiger partial charge in [0, 0.05) is 24.1 Å². The summed E-state index contributed by atoms with van der Waals surface area (Å²) in [6.07, 6.45) is 4.91. The van der Waals surface area contributed by atoms with Gasteiger partial charge < -0.3 is 10.3 Å². The zero-order chi connectivity index (χ0) is 12.7. The monoisotopic (exact) mass is 240 g/mol. The Morgan fingerprint density at radius 1 is 1.33 bits per heavy atom. The van der Waals surface area contributed by atoms with Gasteiger partial charge in [0.05, 0.1) is 23.6 Å². The van der Waals surface area contributed by atoms with Crippen molar-refractivity contribution in [3.8, 4) is 0 Å². The van der Waals surface area contributed by atoms with Gasteiger partial charge in [-0.05, 0) is 18.2 Å². The lowest BCUT2D eigenvalue weighted by Crippen LogP contribution is -2.12. The number of nitrogen functional groups attached to an aromatic ring is 1. The number of carbonyl (C=O) groups excluding carboxylic acids is 1. The largest absolute Gasteiger partial charge is 0.396 e. The molecule has 0 atom stereocenters. The van der Waals surface area contributed by atoms with Crippen LogP contribution < -0.4 is 5.73 Å². The van der Waals surface area contributed by atoms with Crippen LogP contribution in [0.1, 0.15) is 10.4 Å². The van der Waals surface area contributed by atoms with Crippen LogP contribution in [0.3, 0.4) is 0 Å². The number of nitrogens with zero attached hydrogens (tertiary/aromatic N) is 3. The Morgan fingerprint density at radius 2 is 2.17 bits per heavy atom.